The summed E-state index contributed by atoms with van der Waals surface area (Å²) in [7, 11) is 0. The first-order valence-corrected chi connectivity index (χ1v) is 6.16. The van der Waals surface area contributed by atoms with Crippen molar-refractivity contribution in [2.75, 3.05) is 0 Å². The molecule has 0 saturated heterocycles. The van der Waals surface area contributed by atoms with Crippen LogP contribution in [0, 0.1) is 12.7 Å². The Morgan fingerprint density at radius 1 is 1.18 bits per heavy atom. The number of rotatable bonds is 0. The minimum Gasteiger partial charge on any atom is -0.207 e. The Kier molecular flexibility index (Phi) is 2.36. The molecule has 0 radical (unpaired) electrons. The van der Waals surface area contributed by atoms with Gasteiger partial charge in [-0.1, -0.05) is 18.2 Å². The fourth-order valence-corrected chi connectivity index (χ4v) is 3.69. The van der Waals surface area contributed by atoms with Crippen LogP contribution in [0.25, 0.3) is 0 Å². The maximum Gasteiger partial charge on any atom is 0.155 e. The summed E-state index contributed by atoms with van der Waals surface area (Å²) in [6.07, 6.45) is 2.74. The molecule has 2 atom stereocenters. The van der Waals surface area contributed by atoms with Crippen molar-refractivity contribution in [2.24, 2.45) is 0 Å². The molecule has 88 valence electrons. The second-order valence-electron chi connectivity index (χ2n) is 4.23. The number of aryl methyl sites for hydroxylation is 1. The first-order chi connectivity index (χ1) is 8.09. The number of thioether (sulfide) groups is 1. The lowest BCUT2D eigenvalue weighted by atomic mass is 9.91. The van der Waals surface area contributed by atoms with E-state index in [-0.39, 0.29) is 11.7 Å². The van der Waals surface area contributed by atoms with Gasteiger partial charge in [-0.05, 0) is 24.1 Å². The van der Waals surface area contributed by atoms with Gasteiger partial charge in [0, 0.05) is 10.8 Å². The van der Waals surface area contributed by atoms with Gasteiger partial charge in [-0.3, -0.25) is 0 Å². The van der Waals surface area contributed by atoms with Crippen molar-refractivity contribution in [2.45, 2.75) is 23.0 Å². The zero-order chi connectivity index (χ0) is 12.2. The second kappa shape index (κ2) is 3.67. The molecule has 2 unspecified atom stereocenters. The molecule has 0 spiro atoms. The van der Waals surface area contributed by atoms with Crippen molar-refractivity contribution in [3.63, 3.8) is 0 Å². The van der Waals surface area contributed by atoms with Gasteiger partial charge in [0.25, 0.3) is 0 Å². The summed E-state index contributed by atoms with van der Waals surface area (Å²) in [5.74, 6) is -2.20. The van der Waals surface area contributed by atoms with E-state index in [0.717, 1.165) is 23.4 Å². The lowest BCUT2D eigenvalue weighted by Gasteiger charge is -2.17. The van der Waals surface area contributed by atoms with Gasteiger partial charge in [-0.25, -0.2) is 13.2 Å². The van der Waals surface area contributed by atoms with Crippen LogP contribution in [-0.4, -0.2) is 5.25 Å². The van der Waals surface area contributed by atoms with Crippen molar-refractivity contribution in [3.05, 3.63) is 52.9 Å². The predicted molar refractivity (Wildman–Crippen MR) is 61.9 cm³/mol. The number of hydrogen-bond acceptors (Lipinski definition) is 1. The van der Waals surface area contributed by atoms with E-state index in [1.807, 2.05) is 0 Å². The molecule has 0 saturated carbocycles. The molecule has 1 heterocycles. The number of fused-ring (bicyclic) bond motifs is 3. The van der Waals surface area contributed by atoms with E-state index in [4.69, 9.17) is 0 Å². The maximum atomic E-state index is 13.9. The Labute approximate surface area is 101 Å². The predicted octanol–water partition coefficient (Wildman–Crippen LogP) is 4.41. The molecular formula is C13H9F3S. The Morgan fingerprint density at radius 3 is 2.71 bits per heavy atom. The van der Waals surface area contributed by atoms with Crippen LogP contribution in [-0.2, 0) is 0 Å². The summed E-state index contributed by atoms with van der Waals surface area (Å²) in [6, 6.07) is 3.48. The molecule has 1 aromatic carbocycles. The molecule has 1 aromatic rings. The molecule has 0 aromatic heterocycles. The number of halogens is 3. The van der Waals surface area contributed by atoms with Gasteiger partial charge in [-0.2, -0.15) is 0 Å². The SMILES string of the molecule is Cc1ccc2c(c1F)SC1C(F)=C(F)C=CC21. The summed E-state index contributed by atoms with van der Waals surface area (Å²) >= 11 is 1.07. The molecule has 0 amide bonds. The van der Waals surface area contributed by atoms with E-state index >= 15 is 0 Å². The van der Waals surface area contributed by atoms with E-state index in [1.165, 1.54) is 0 Å². The molecule has 3 rings (SSSR count). The van der Waals surface area contributed by atoms with E-state index < -0.39 is 16.9 Å². The zero-order valence-electron chi connectivity index (χ0n) is 9.01. The van der Waals surface area contributed by atoms with Crippen molar-refractivity contribution < 1.29 is 13.2 Å². The fourth-order valence-electron chi connectivity index (χ4n) is 2.23. The Hall–Kier alpha value is -1.16. The largest absolute Gasteiger partial charge is 0.207 e. The quantitative estimate of drug-likeness (QED) is 0.660. The highest BCUT2D eigenvalue weighted by Crippen LogP contribution is 2.53. The summed E-state index contributed by atoms with van der Waals surface area (Å²) < 4.78 is 40.7. The van der Waals surface area contributed by atoms with Crippen LogP contribution in [0.4, 0.5) is 13.2 Å². The van der Waals surface area contributed by atoms with Crippen LogP contribution in [0.3, 0.4) is 0 Å². The third kappa shape index (κ3) is 1.47. The Balaban J connectivity index is 2.14. The average Bonchev–Trinajstić information content (AvgIpc) is 2.69. The van der Waals surface area contributed by atoms with Crippen molar-refractivity contribution in [1.29, 1.82) is 0 Å². The van der Waals surface area contributed by atoms with E-state index in [0.29, 0.717) is 10.5 Å². The monoisotopic (exact) mass is 254 g/mol. The van der Waals surface area contributed by atoms with Crippen LogP contribution >= 0.6 is 11.8 Å². The van der Waals surface area contributed by atoms with Crippen LogP contribution in [0.15, 0.2) is 40.8 Å². The first kappa shape index (κ1) is 11.0. The van der Waals surface area contributed by atoms with Crippen molar-refractivity contribution in [1.82, 2.24) is 0 Å². The van der Waals surface area contributed by atoms with Gasteiger partial charge in [0.15, 0.2) is 5.83 Å². The van der Waals surface area contributed by atoms with Gasteiger partial charge in [0.05, 0.1) is 5.25 Å². The first-order valence-electron chi connectivity index (χ1n) is 5.28. The maximum absolute atomic E-state index is 13.9. The third-order valence-electron chi connectivity index (χ3n) is 3.18. The van der Waals surface area contributed by atoms with E-state index in [2.05, 4.69) is 0 Å². The Bertz CT molecular complexity index is 560. The van der Waals surface area contributed by atoms with E-state index in [9.17, 15) is 13.2 Å². The van der Waals surface area contributed by atoms with Crippen molar-refractivity contribution in [3.8, 4) is 0 Å². The minimum absolute atomic E-state index is 0.260. The lowest BCUT2D eigenvalue weighted by Crippen LogP contribution is -2.12. The lowest BCUT2D eigenvalue weighted by molar-refractivity contribution is 0.510. The van der Waals surface area contributed by atoms with Gasteiger partial charge in [0.2, 0.25) is 0 Å². The highest BCUT2D eigenvalue weighted by Gasteiger charge is 2.39. The number of hydrogen-bond donors (Lipinski definition) is 0. The molecule has 1 aliphatic carbocycles. The summed E-state index contributed by atoms with van der Waals surface area (Å²) in [5.41, 5.74) is 1.28. The Morgan fingerprint density at radius 2 is 1.94 bits per heavy atom. The fraction of sp³-hybridized carbons (Fsp3) is 0.231. The number of allylic oxidation sites excluding steroid dienone is 3. The molecule has 0 nitrogen and oxygen atoms in total. The minimum atomic E-state index is -0.844. The van der Waals surface area contributed by atoms with Gasteiger partial charge >= 0.3 is 0 Å². The standard InChI is InChI=1S/C13H9F3S/c1-6-2-3-7-8-4-5-9(14)11(16)13(8)17-12(7)10(6)15/h2-5,8,13H,1H3. The second-order valence-corrected chi connectivity index (χ2v) is 5.39. The summed E-state index contributed by atoms with van der Waals surface area (Å²) in [4.78, 5) is 0.453. The normalized spacial score (nSPS) is 26.1. The topological polar surface area (TPSA) is 0 Å². The summed E-state index contributed by atoms with van der Waals surface area (Å²) in [6.45, 7) is 1.67. The smallest absolute Gasteiger partial charge is 0.155 e. The molecule has 0 fully saturated rings. The molecule has 2 aliphatic rings. The number of benzene rings is 1. The van der Waals surface area contributed by atoms with Crippen LogP contribution < -0.4 is 0 Å². The molecular weight excluding hydrogens is 245 g/mol. The molecule has 4 heteroatoms. The van der Waals surface area contributed by atoms with Crippen LogP contribution in [0.5, 0.6) is 0 Å². The third-order valence-corrected chi connectivity index (χ3v) is 4.58. The molecule has 17 heavy (non-hydrogen) atoms. The zero-order valence-corrected chi connectivity index (χ0v) is 9.82. The highest BCUT2D eigenvalue weighted by molar-refractivity contribution is 8.00. The van der Waals surface area contributed by atoms with Gasteiger partial charge < -0.3 is 0 Å². The summed E-state index contributed by atoms with van der Waals surface area (Å²) in [5, 5.41) is -0.647. The average molecular weight is 254 g/mol. The van der Waals surface area contributed by atoms with E-state index in [1.54, 1.807) is 25.1 Å². The van der Waals surface area contributed by atoms with Crippen molar-refractivity contribution >= 4 is 11.8 Å². The van der Waals surface area contributed by atoms with Gasteiger partial charge in [0.1, 0.15) is 11.6 Å². The molecule has 1 aliphatic heterocycles. The molecule has 0 bridgehead atoms. The van der Waals surface area contributed by atoms with Crippen LogP contribution in [0.1, 0.15) is 17.0 Å². The van der Waals surface area contributed by atoms with Crippen LogP contribution in [0.2, 0.25) is 0 Å². The highest BCUT2D eigenvalue weighted by atomic mass is 32.2. The molecule has 0 N–H and O–H groups in total. The van der Waals surface area contributed by atoms with Gasteiger partial charge in [-0.15, -0.1) is 11.8 Å².